The van der Waals surface area contributed by atoms with Crippen molar-refractivity contribution in [2.75, 3.05) is 0 Å². The Hall–Kier alpha value is -8.34. The Morgan fingerprint density at radius 2 is 1.02 bits per heavy atom. The molecule has 3 N–H and O–H groups in total. The third-order valence-electron chi connectivity index (χ3n) is 9.31. The molecule has 0 atom stereocenters. The summed E-state index contributed by atoms with van der Waals surface area (Å²) in [6.45, 7) is 0. The van der Waals surface area contributed by atoms with Crippen LogP contribution in [0.3, 0.4) is 0 Å². The third-order valence-corrected chi connectivity index (χ3v) is 11.0. The quantitative estimate of drug-likeness (QED) is 0.114. The third kappa shape index (κ3) is 5.39. The van der Waals surface area contributed by atoms with Crippen LogP contribution in [0.5, 0.6) is 0 Å². The summed E-state index contributed by atoms with van der Waals surface area (Å²) in [5, 5.41) is 47.8. The normalized spacial score (nSPS) is 12.3. The first-order valence-corrected chi connectivity index (χ1v) is 19.1. The zero-order chi connectivity index (χ0) is 42.7. The summed E-state index contributed by atoms with van der Waals surface area (Å²) in [4.78, 5) is 71.2. The van der Waals surface area contributed by atoms with Gasteiger partial charge in [-0.3, -0.25) is 49.6 Å². The number of aromatic nitrogens is 8. The van der Waals surface area contributed by atoms with Crippen molar-refractivity contribution in [3.05, 3.63) is 107 Å². The van der Waals surface area contributed by atoms with E-state index in [2.05, 4.69) is 34.9 Å². The average Bonchev–Trinajstić information content (AvgIpc) is 3.90. The van der Waals surface area contributed by atoms with Crippen molar-refractivity contribution >= 4 is 87.3 Å². The number of hydrogen-bond donors (Lipinski definition) is 3. The molecule has 298 valence electrons. The molecule has 60 heavy (non-hydrogen) atoms. The van der Waals surface area contributed by atoms with E-state index in [1.165, 1.54) is 60.7 Å². The van der Waals surface area contributed by atoms with Crippen LogP contribution in [0.2, 0.25) is 0 Å². The van der Waals surface area contributed by atoms with Gasteiger partial charge in [0.15, 0.2) is 39.5 Å². The Bertz CT molecular complexity index is 3650. The molecule has 3 aromatic heterocycles. The maximum absolute atomic E-state index is 13.2. The number of rotatable bonds is 6. The number of nitrogens with zero attached hydrogens (tertiary/aromatic N) is 11. The van der Waals surface area contributed by atoms with Crippen molar-refractivity contribution in [1.82, 2.24) is 38.9 Å². The van der Waals surface area contributed by atoms with E-state index in [4.69, 9.17) is 0 Å². The van der Waals surface area contributed by atoms with E-state index < -0.39 is 124 Å². The van der Waals surface area contributed by atoms with Crippen LogP contribution in [0.15, 0.2) is 71.6 Å². The summed E-state index contributed by atoms with van der Waals surface area (Å²) >= 11 is 0. The Balaban J connectivity index is 1.66. The zero-order valence-corrected chi connectivity index (χ0v) is 30.5. The lowest BCUT2D eigenvalue weighted by molar-refractivity contribution is -0.441. The molecule has 0 amide bonds. The van der Waals surface area contributed by atoms with Crippen LogP contribution in [0.4, 0.5) is 22.7 Å². The summed E-state index contributed by atoms with van der Waals surface area (Å²) in [5.41, 5.74) is -9.74. The van der Waals surface area contributed by atoms with Gasteiger partial charge in [-0.25, -0.2) is 29.9 Å². The van der Waals surface area contributed by atoms with Crippen molar-refractivity contribution in [2.24, 2.45) is 0 Å². The molecule has 0 saturated carbocycles. The predicted molar refractivity (Wildman–Crippen MR) is 203 cm³/mol. The summed E-state index contributed by atoms with van der Waals surface area (Å²) < 4.78 is 74.2. The highest BCUT2D eigenvalue weighted by Crippen LogP contribution is 2.50. The zero-order valence-electron chi connectivity index (χ0n) is 28.9. The minimum Gasteiger partial charge on any atom is -0.323 e. The highest BCUT2D eigenvalue weighted by atomic mass is 32.2. The van der Waals surface area contributed by atoms with Crippen LogP contribution in [0.25, 0.3) is 89.7 Å². The molecule has 4 aromatic carbocycles. The second-order valence-electron chi connectivity index (χ2n) is 12.6. The molecule has 0 unspecified atom stereocenters. The second kappa shape index (κ2) is 12.6. The van der Waals surface area contributed by atoms with Gasteiger partial charge in [0.1, 0.15) is 22.2 Å². The lowest BCUT2D eigenvalue weighted by Crippen LogP contribution is -2.11. The fourth-order valence-corrected chi connectivity index (χ4v) is 8.70. The molecule has 8 bridgehead atoms. The van der Waals surface area contributed by atoms with Gasteiger partial charge in [0.2, 0.25) is 0 Å². The molecule has 28 heteroatoms. The highest BCUT2D eigenvalue weighted by molar-refractivity contribution is 7.86. The van der Waals surface area contributed by atoms with Crippen molar-refractivity contribution in [3.63, 3.8) is 0 Å². The standard InChI is InChI=1S/C32H14N12O14S2/c45-41(46)17-11-5-10-16-18(17)28-35-27(16)39-32-15-9-4-3-8-14(15)31(40(32)60(56,57)58)38-26-13-7-2-1-6-12(13)25(33-26)34-30-20-19(29(36-28)37-30)21(42(47)48)22(43(49)50)23(44(51)52)24(20)59(53,54)55/h1-11H,(H,53,54,55)(H,56,57,58)(H,33,34,35,36,37,38,39). The van der Waals surface area contributed by atoms with E-state index in [0.29, 0.717) is 3.97 Å². The molecule has 0 aliphatic carbocycles. The van der Waals surface area contributed by atoms with Gasteiger partial charge in [-0.15, -0.1) is 0 Å². The highest BCUT2D eigenvalue weighted by Gasteiger charge is 2.48. The monoisotopic (exact) mass is 854 g/mol. The number of nitro groups is 4. The molecule has 0 saturated heterocycles. The van der Waals surface area contributed by atoms with Gasteiger partial charge >= 0.3 is 37.5 Å². The molecule has 2 aliphatic rings. The summed E-state index contributed by atoms with van der Waals surface area (Å²) in [5.74, 6) is -1.96. The Morgan fingerprint density at radius 1 is 0.533 bits per heavy atom. The fraction of sp³-hybridized carbons (Fsp3) is 0. The number of nitrogens with one attached hydrogen (secondary N) is 1. The van der Waals surface area contributed by atoms with E-state index >= 15 is 0 Å². The van der Waals surface area contributed by atoms with Crippen molar-refractivity contribution in [3.8, 4) is 45.6 Å². The summed E-state index contributed by atoms with van der Waals surface area (Å²) in [7, 11) is -11.3. The molecular weight excluding hydrogens is 841 g/mol. The van der Waals surface area contributed by atoms with Crippen LogP contribution in [0.1, 0.15) is 0 Å². The number of H-pyrrole nitrogens is 1. The van der Waals surface area contributed by atoms with Gasteiger partial charge in [0.05, 0.1) is 25.1 Å². The van der Waals surface area contributed by atoms with Gasteiger partial charge in [-0.1, -0.05) is 54.6 Å². The molecule has 9 rings (SSSR count). The van der Waals surface area contributed by atoms with Crippen LogP contribution in [-0.4, -0.2) is 84.5 Å². The van der Waals surface area contributed by atoms with Gasteiger partial charge < -0.3 is 4.98 Å². The van der Waals surface area contributed by atoms with Crippen LogP contribution in [-0.2, 0) is 20.4 Å². The molecule has 0 radical (unpaired) electrons. The molecule has 0 fully saturated rings. The average molecular weight is 855 g/mol. The number of benzene rings is 4. The number of aromatic amines is 1. The fourth-order valence-electron chi connectivity index (χ4n) is 7.12. The van der Waals surface area contributed by atoms with E-state index in [1.807, 2.05) is 0 Å². The SMILES string of the molecule is O=[N+]([O-])c1cccc2c1-c1nc-2nc2c3ccccc3c(nc3nc(nc4[nH]c(n1)c1c([N+](=O)[O-])c([N+](=O)[O-])c([N+](=O)[O-])c(S(=O)(=O)O)c41)-c1ccccc1-3)n2S(=O)(=O)O. The molecule has 26 nitrogen and oxygen atoms in total. The first-order chi connectivity index (χ1) is 28.4. The van der Waals surface area contributed by atoms with Crippen LogP contribution < -0.4 is 0 Å². The van der Waals surface area contributed by atoms with E-state index in [1.54, 1.807) is 0 Å². The lowest BCUT2D eigenvalue weighted by atomic mass is 10.1. The number of nitro benzene ring substituents is 4. The van der Waals surface area contributed by atoms with Crippen LogP contribution >= 0.6 is 0 Å². The molecule has 0 spiro atoms. The molecular formula is C32H14N12O14S2. The minimum absolute atomic E-state index is 0.0564. The smallest absolute Gasteiger partial charge is 0.323 e. The second-order valence-corrected chi connectivity index (χ2v) is 15.2. The van der Waals surface area contributed by atoms with Gasteiger partial charge in [0.25, 0.3) is 5.69 Å². The maximum Gasteiger partial charge on any atom is 0.424 e. The van der Waals surface area contributed by atoms with Crippen LogP contribution in [0, 0.1) is 40.5 Å². The summed E-state index contributed by atoms with van der Waals surface area (Å²) in [6.07, 6.45) is 0. The van der Waals surface area contributed by atoms with E-state index in [9.17, 15) is 66.4 Å². The molecule has 2 aliphatic heterocycles. The van der Waals surface area contributed by atoms with Gasteiger partial charge in [-0.05, 0) is 6.07 Å². The lowest BCUT2D eigenvalue weighted by Gasteiger charge is -2.05. The van der Waals surface area contributed by atoms with Crippen molar-refractivity contribution in [2.45, 2.75) is 4.90 Å². The molecule has 5 heterocycles. The van der Waals surface area contributed by atoms with Crippen molar-refractivity contribution in [1.29, 1.82) is 0 Å². The minimum atomic E-state index is -5.96. The Kier molecular flexibility index (Phi) is 7.81. The van der Waals surface area contributed by atoms with Gasteiger partial charge in [-0.2, -0.15) is 20.8 Å². The predicted octanol–water partition coefficient (Wildman–Crippen LogP) is 4.87. The Morgan fingerprint density at radius 3 is 1.55 bits per heavy atom. The number of hydrogen-bond acceptors (Lipinski definition) is 18. The first-order valence-electron chi connectivity index (χ1n) is 16.3. The first kappa shape index (κ1) is 37.2. The van der Waals surface area contributed by atoms with Crippen molar-refractivity contribution < 1.29 is 45.6 Å². The number of fused-ring (bicyclic) bond motifs is 20. The Labute approximate surface area is 328 Å². The maximum atomic E-state index is 13.2. The van der Waals surface area contributed by atoms with E-state index in [0.717, 1.165) is 6.07 Å². The largest absolute Gasteiger partial charge is 0.424 e. The molecule has 7 aromatic rings. The van der Waals surface area contributed by atoms with Gasteiger partial charge in [0, 0.05) is 33.5 Å². The summed E-state index contributed by atoms with van der Waals surface area (Å²) in [6, 6.07) is 15.2. The van der Waals surface area contributed by atoms with E-state index in [-0.39, 0.29) is 33.3 Å². The topological polar surface area (TPSA) is 379 Å².